The first-order chi connectivity index (χ1) is 15.9. The molecule has 4 rings (SSSR count). The number of alkyl halides is 3. The van der Waals surface area contributed by atoms with Gasteiger partial charge in [0.1, 0.15) is 16.8 Å². The van der Waals surface area contributed by atoms with E-state index in [1.807, 2.05) is 6.07 Å². The van der Waals surface area contributed by atoms with Gasteiger partial charge < -0.3 is 5.32 Å². The highest BCUT2D eigenvalue weighted by atomic mass is 32.2. The van der Waals surface area contributed by atoms with Crippen molar-refractivity contribution < 1.29 is 22.2 Å². The summed E-state index contributed by atoms with van der Waals surface area (Å²) in [5.41, 5.74) is -1.72. The van der Waals surface area contributed by atoms with Crippen LogP contribution in [0, 0.1) is 11.3 Å². The average Bonchev–Trinajstić information content (AvgIpc) is 3.37. The number of pyridine rings is 1. The third-order valence-electron chi connectivity index (χ3n) is 4.78. The Hall–Kier alpha value is -3.86. The fraction of sp³-hybridized carbons (Fsp3) is 0.300. The van der Waals surface area contributed by atoms with Crippen LogP contribution in [0.25, 0.3) is 22.7 Å². The zero-order valence-corrected chi connectivity index (χ0v) is 18.9. The predicted molar refractivity (Wildman–Crippen MR) is 114 cm³/mol. The van der Waals surface area contributed by atoms with Crippen molar-refractivity contribution in [2.45, 2.75) is 37.5 Å². The second kappa shape index (κ2) is 8.17. The number of nitrogens with zero attached hydrogens (tertiary/aromatic N) is 7. The molecule has 10 nitrogen and oxygen atoms in total. The Balaban J connectivity index is 1.93. The summed E-state index contributed by atoms with van der Waals surface area (Å²) in [4.78, 5) is 21.3. The zero-order valence-electron chi connectivity index (χ0n) is 18.1. The SMILES string of the molecule is CCS(=O)c1nn2c(C(=O)NC(C)(C)C#N)ccnc2c1-c1nc2ccc(C(F)(F)F)cn2n1. The van der Waals surface area contributed by atoms with Crippen molar-refractivity contribution >= 4 is 28.0 Å². The van der Waals surface area contributed by atoms with Crippen LogP contribution in [-0.4, -0.2) is 50.6 Å². The van der Waals surface area contributed by atoms with Gasteiger partial charge in [0.15, 0.2) is 22.1 Å². The fourth-order valence-corrected chi connectivity index (χ4v) is 3.98. The molecule has 0 spiro atoms. The summed E-state index contributed by atoms with van der Waals surface area (Å²) < 4.78 is 54.2. The number of carbonyl (C=O) groups excluding carboxylic acids is 1. The summed E-state index contributed by atoms with van der Waals surface area (Å²) in [6.45, 7) is 4.70. The Kier molecular flexibility index (Phi) is 5.60. The summed E-state index contributed by atoms with van der Waals surface area (Å²) in [5, 5.41) is 20.2. The lowest BCUT2D eigenvalue weighted by atomic mass is 10.1. The predicted octanol–water partition coefficient (Wildman–Crippen LogP) is 2.62. The molecule has 0 aliphatic heterocycles. The lowest BCUT2D eigenvalue weighted by Crippen LogP contribution is -2.42. The van der Waals surface area contributed by atoms with Crippen LogP contribution in [0.15, 0.2) is 35.6 Å². The number of aromatic nitrogens is 6. The minimum atomic E-state index is -4.57. The Morgan fingerprint density at radius 1 is 1.24 bits per heavy atom. The van der Waals surface area contributed by atoms with E-state index < -0.39 is 34.0 Å². The number of carbonyl (C=O) groups is 1. The molecule has 1 atom stereocenters. The lowest BCUT2D eigenvalue weighted by Gasteiger charge is -2.17. The van der Waals surface area contributed by atoms with Crippen LogP contribution in [0.2, 0.25) is 0 Å². The molecule has 0 aliphatic carbocycles. The topological polar surface area (TPSA) is 130 Å². The minimum absolute atomic E-state index is 0.0112. The van der Waals surface area contributed by atoms with E-state index in [1.54, 1.807) is 6.92 Å². The number of nitrogens with one attached hydrogen (secondary N) is 1. The van der Waals surface area contributed by atoms with Crippen LogP contribution in [0.5, 0.6) is 0 Å². The molecule has 0 bridgehead atoms. The van der Waals surface area contributed by atoms with Gasteiger partial charge in [0.05, 0.1) is 22.4 Å². The lowest BCUT2D eigenvalue weighted by molar-refractivity contribution is -0.137. The van der Waals surface area contributed by atoms with Crippen molar-refractivity contribution in [3.63, 3.8) is 0 Å². The molecular weight excluding hydrogens is 473 g/mol. The van der Waals surface area contributed by atoms with Crippen molar-refractivity contribution in [3.8, 4) is 17.5 Å². The largest absolute Gasteiger partial charge is 0.417 e. The number of amides is 1. The monoisotopic (exact) mass is 490 g/mol. The molecule has 4 aromatic heterocycles. The third kappa shape index (κ3) is 4.10. The van der Waals surface area contributed by atoms with Gasteiger partial charge in [-0.3, -0.25) is 9.00 Å². The van der Waals surface area contributed by atoms with Crippen LogP contribution >= 0.6 is 0 Å². The molecule has 1 amide bonds. The Bertz CT molecular complexity index is 1500. The van der Waals surface area contributed by atoms with Crippen molar-refractivity contribution in [3.05, 3.63) is 41.9 Å². The van der Waals surface area contributed by atoms with E-state index >= 15 is 0 Å². The molecule has 4 heterocycles. The maximum atomic E-state index is 13.1. The Morgan fingerprint density at radius 3 is 2.62 bits per heavy atom. The van der Waals surface area contributed by atoms with E-state index in [4.69, 9.17) is 0 Å². The molecule has 176 valence electrons. The first kappa shape index (κ1) is 23.3. The molecule has 0 aliphatic rings. The number of hydrogen-bond donors (Lipinski definition) is 1. The molecule has 0 saturated carbocycles. The maximum Gasteiger partial charge on any atom is 0.417 e. The molecule has 4 aromatic rings. The molecule has 34 heavy (non-hydrogen) atoms. The molecule has 14 heteroatoms. The van der Waals surface area contributed by atoms with Gasteiger partial charge in [0.25, 0.3) is 5.91 Å². The third-order valence-corrected chi connectivity index (χ3v) is 6.03. The second-order valence-electron chi connectivity index (χ2n) is 7.72. The van der Waals surface area contributed by atoms with Crippen LogP contribution < -0.4 is 5.32 Å². The van der Waals surface area contributed by atoms with Crippen molar-refractivity contribution in [2.75, 3.05) is 5.75 Å². The van der Waals surface area contributed by atoms with Gasteiger partial charge >= 0.3 is 6.18 Å². The number of nitriles is 1. The van der Waals surface area contributed by atoms with Gasteiger partial charge in [-0.2, -0.15) is 23.5 Å². The molecule has 0 saturated heterocycles. The summed E-state index contributed by atoms with van der Waals surface area (Å²) in [7, 11) is -1.64. The number of hydrogen-bond acceptors (Lipinski definition) is 7. The normalized spacial score (nSPS) is 13.2. The maximum absolute atomic E-state index is 13.1. The van der Waals surface area contributed by atoms with Gasteiger partial charge in [0.2, 0.25) is 0 Å². The van der Waals surface area contributed by atoms with Crippen molar-refractivity contribution in [1.29, 1.82) is 5.26 Å². The van der Waals surface area contributed by atoms with Crippen molar-refractivity contribution in [2.24, 2.45) is 0 Å². The highest BCUT2D eigenvalue weighted by Crippen LogP contribution is 2.31. The Labute approximate surface area is 192 Å². The molecule has 1 N–H and O–H groups in total. The van der Waals surface area contributed by atoms with Crippen LogP contribution in [0.3, 0.4) is 0 Å². The standard InChI is InChI=1S/C20H17F3N8O2S/c1-4-34(33)18-14(15-26-13-6-5-11(20(21,22)23)9-30(13)28-15)16-25-8-7-12(31(16)29-18)17(32)27-19(2,3)10-24/h5-9H,4H2,1-3H3,(H,27,32). The average molecular weight is 490 g/mol. The molecule has 0 radical (unpaired) electrons. The number of rotatable bonds is 5. The highest BCUT2D eigenvalue weighted by Gasteiger charge is 2.32. The van der Waals surface area contributed by atoms with E-state index in [2.05, 4.69) is 25.5 Å². The van der Waals surface area contributed by atoms with E-state index in [1.165, 1.54) is 26.1 Å². The van der Waals surface area contributed by atoms with Crippen molar-refractivity contribution in [1.82, 2.24) is 34.5 Å². The van der Waals surface area contributed by atoms with E-state index in [0.29, 0.717) is 0 Å². The molecule has 1 unspecified atom stereocenters. The van der Waals surface area contributed by atoms with Crippen LogP contribution in [0.1, 0.15) is 36.8 Å². The van der Waals surface area contributed by atoms with E-state index in [0.717, 1.165) is 27.4 Å². The summed E-state index contributed by atoms with van der Waals surface area (Å²) in [5.74, 6) is -0.501. The minimum Gasteiger partial charge on any atom is -0.333 e. The number of fused-ring (bicyclic) bond motifs is 2. The quantitative estimate of drug-likeness (QED) is 0.455. The van der Waals surface area contributed by atoms with Gasteiger partial charge in [-0.05, 0) is 32.0 Å². The van der Waals surface area contributed by atoms with E-state index in [9.17, 15) is 27.4 Å². The molecule has 0 fully saturated rings. The van der Waals surface area contributed by atoms with Crippen LogP contribution in [0.4, 0.5) is 13.2 Å². The molecular formula is C20H17F3N8O2S. The van der Waals surface area contributed by atoms with Crippen LogP contribution in [-0.2, 0) is 17.0 Å². The Morgan fingerprint density at radius 2 is 1.97 bits per heavy atom. The first-order valence-corrected chi connectivity index (χ1v) is 11.2. The van der Waals surface area contributed by atoms with Gasteiger partial charge in [0, 0.05) is 18.1 Å². The second-order valence-corrected chi connectivity index (χ2v) is 9.38. The summed E-state index contributed by atoms with van der Waals surface area (Å²) in [6.07, 6.45) is -2.45. The number of halogens is 3. The van der Waals surface area contributed by atoms with E-state index in [-0.39, 0.29) is 39.2 Å². The highest BCUT2D eigenvalue weighted by molar-refractivity contribution is 7.85. The zero-order chi connectivity index (χ0) is 24.8. The summed E-state index contributed by atoms with van der Waals surface area (Å²) in [6, 6.07) is 5.38. The summed E-state index contributed by atoms with van der Waals surface area (Å²) >= 11 is 0. The van der Waals surface area contributed by atoms with Gasteiger partial charge in [-0.15, -0.1) is 5.10 Å². The fourth-order valence-electron chi connectivity index (χ4n) is 3.12. The van der Waals surface area contributed by atoms with Gasteiger partial charge in [-0.1, -0.05) is 6.92 Å². The van der Waals surface area contributed by atoms with Gasteiger partial charge in [-0.25, -0.2) is 19.0 Å². The molecule has 0 aromatic carbocycles. The smallest absolute Gasteiger partial charge is 0.333 e. The first-order valence-electron chi connectivity index (χ1n) is 9.89.